The first-order chi connectivity index (χ1) is 12.8. The Hall–Kier alpha value is -1.75. The van der Waals surface area contributed by atoms with Gasteiger partial charge in [-0.2, -0.15) is 0 Å². The molecule has 1 heterocycles. The van der Waals surface area contributed by atoms with Crippen LogP contribution in [0.5, 0.6) is 11.5 Å². The fourth-order valence-corrected chi connectivity index (χ4v) is 6.26. The maximum Gasteiger partial charge on any atom is 0.219 e. The summed E-state index contributed by atoms with van der Waals surface area (Å²) in [6.07, 6.45) is 3.73. The van der Waals surface area contributed by atoms with E-state index in [1.54, 1.807) is 13.2 Å². The summed E-state index contributed by atoms with van der Waals surface area (Å²) in [5.41, 5.74) is 1.19. The molecule has 0 radical (unpaired) electrons. The van der Waals surface area contributed by atoms with Gasteiger partial charge in [0.05, 0.1) is 13.2 Å². The third kappa shape index (κ3) is 2.65. The molecule has 1 aromatic carbocycles. The zero-order valence-electron chi connectivity index (χ0n) is 16.7. The molecule has 148 valence electrons. The minimum absolute atomic E-state index is 0.0438. The summed E-state index contributed by atoms with van der Waals surface area (Å²) in [6.45, 7) is 7.23. The molecule has 1 saturated heterocycles. The van der Waals surface area contributed by atoms with Gasteiger partial charge in [-0.05, 0) is 59.6 Å². The van der Waals surface area contributed by atoms with Crippen LogP contribution in [-0.2, 0) is 9.53 Å². The van der Waals surface area contributed by atoms with Gasteiger partial charge < -0.3 is 19.9 Å². The van der Waals surface area contributed by atoms with E-state index in [4.69, 9.17) is 9.47 Å². The van der Waals surface area contributed by atoms with Gasteiger partial charge in [-0.15, -0.1) is 0 Å². The molecule has 1 aliphatic heterocycles. The molecule has 5 heteroatoms. The maximum atomic E-state index is 12.3. The number of carbonyl (C=O) groups is 1. The minimum Gasteiger partial charge on any atom is -0.504 e. The highest BCUT2D eigenvalue weighted by Crippen LogP contribution is 2.70. The van der Waals surface area contributed by atoms with Gasteiger partial charge in [0.2, 0.25) is 5.91 Å². The van der Waals surface area contributed by atoms with Crippen molar-refractivity contribution in [3.63, 3.8) is 0 Å². The lowest BCUT2D eigenvalue weighted by Crippen LogP contribution is -2.58. The van der Waals surface area contributed by atoms with Crippen LogP contribution < -0.4 is 10.1 Å². The van der Waals surface area contributed by atoms with Crippen LogP contribution in [0.15, 0.2) is 18.2 Å². The predicted molar refractivity (Wildman–Crippen MR) is 103 cm³/mol. The highest BCUT2D eigenvalue weighted by Gasteiger charge is 2.68. The second-order valence-electron chi connectivity index (χ2n) is 9.12. The summed E-state index contributed by atoms with van der Waals surface area (Å²) in [7, 11) is 1.56. The van der Waals surface area contributed by atoms with Crippen LogP contribution >= 0.6 is 0 Å². The molecule has 3 aliphatic rings. The number of phenolic OH excluding ortho intramolecular Hbond substituents is 1. The summed E-state index contributed by atoms with van der Waals surface area (Å²) in [6, 6.07) is 5.76. The number of amides is 1. The number of phenols is 1. The van der Waals surface area contributed by atoms with Crippen LogP contribution in [0.3, 0.4) is 0 Å². The largest absolute Gasteiger partial charge is 0.504 e. The normalized spacial score (nSPS) is 36.3. The molecule has 2 N–H and O–H groups in total. The smallest absolute Gasteiger partial charge is 0.219 e. The van der Waals surface area contributed by atoms with Crippen molar-refractivity contribution in [2.45, 2.75) is 58.6 Å². The number of fused-ring (bicyclic) bond motifs is 1. The van der Waals surface area contributed by atoms with Crippen LogP contribution in [-0.4, -0.2) is 30.8 Å². The number of aromatic hydroxyl groups is 1. The monoisotopic (exact) mass is 373 g/mol. The van der Waals surface area contributed by atoms with Gasteiger partial charge in [-0.3, -0.25) is 4.79 Å². The van der Waals surface area contributed by atoms with Crippen molar-refractivity contribution in [1.29, 1.82) is 0 Å². The molecule has 4 rings (SSSR count). The summed E-state index contributed by atoms with van der Waals surface area (Å²) >= 11 is 0. The molecule has 2 aliphatic carbocycles. The molecule has 3 fully saturated rings. The lowest BCUT2D eigenvalue weighted by atomic mass is 9.59. The van der Waals surface area contributed by atoms with Gasteiger partial charge in [0, 0.05) is 19.1 Å². The van der Waals surface area contributed by atoms with Crippen LogP contribution in [0.25, 0.3) is 0 Å². The van der Waals surface area contributed by atoms with Gasteiger partial charge >= 0.3 is 0 Å². The zero-order chi connectivity index (χ0) is 19.4. The van der Waals surface area contributed by atoms with E-state index in [1.807, 2.05) is 19.1 Å². The molecular weight excluding hydrogens is 342 g/mol. The van der Waals surface area contributed by atoms with Gasteiger partial charge in [0.15, 0.2) is 11.5 Å². The number of nitrogens with one attached hydrogen (secondary N) is 1. The lowest BCUT2D eigenvalue weighted by Gasteiger charge is -2.53. The number of hydrogen-bond acceptors (Lipinski definition) is 4. The molecule has 1 aromatic rings. The van der Waals surface area contributed by atoms with Gasteiger partial charge in [0.1, 0.15) is 0 Å². The van der Waals surface area contributed by atoms with Crippen molar-refractivity contribution in [2.24, 2.45) is 22.7 Å². The lowest BCUT2D eigenvalue weighted by molar-refractivity contribution is -0.137. The van der Waals surface area contributed by atoms with Gasteiger partial charge in [0.25, 0.3) is 0 Å². The quantitative estimate of drug-likeness (QED) is 0.842. The van der Waals surface area contributed by atoms with E-state index in [1.165, 1.54) is 0 Å². The molecular formula is C22H31NO4. The van der Waals surface area contributed by atoms with E-state index >= 15 is 0 Å². The van der Waals surface area contributed by atoms with E-state index in [0.29, 0.717) is 30.6 Å². The topological polar surface area (TPSA) is 67.8 Å². The van der Waals surface area contributed by atoms with Crippen molar-refractivity contribution >= 4 is 5.91 Å². The Morgan fingerprint density at radius 1 is 1.41 bits per heavy atom. The third-order valence-corrected chi connectivity index (χ3v) is 7.66. The average Bonchev–Trinajstić information content (AvgIpc) is 3.14. The van der Waals surface area contributed by atoms with E-state index in [-0.39, 0.29) is 34.6 Å². The first-order valence-electron chi connectivity index (χ1n) is 10.1. The molecule has 0 unspecified atom stereocenters. The Morgan fingerprint density at radius 2 is 2.19 bits per heavy atom. The number of methoxy groups -OCH3 is 1. The molecule has 0 aromatic heterocycles. The summed E-state index contributed by atoms with van der Waals surface area (Å²) in [5.74, 6) is 1.71. The first kappa shape index (κ1) is 18.6. The molecule has 5 atom stereocenters. The Bertz CT molecular complexity index is 746. The summed E-state index contributed by atoms with van der Waals surface area (Å²) < 4.78 is 11.4. The standard InChI is InChI=1S/C22H31NO4/c1-5-18(25)23-20-21(2,3)14-11-15-19(27-9-8-22(15,20)12-14)13-6-7-17(26-4)16(24)10-13/h6-7,10,14-15,19-20,24H,5,8-9,11-12H2,1-4H3,(H,23,25)/t14-,15-,19-,20+,22-/m1/s1. The SMILES string of the molecule is CCC(=O)N[C@H]1C(C)(C)[C@@H]2C[C@@H]3[C@@H](c4ccc(OC)c(O)c4)OCC[C@@]31C2. The maximum absolute atomic E-state index is 12.3. The average molecular weight is 373 g/mol. The van der Waals surface area contributed by atoms with Crippen molar-refractivity contribution in [3.05, 3.63) is 23.8 Å². The molecule has 2 bridgehead atoms. The summed E-state index contributed by atoms with van der Waals surface area (Å²) in [4.78, 5) is 12.3. The number of hydrogen-bond donors (Lipinski definition) is 2. The van der Waals surface area contributed by atoms with Crippen LogP contribution in [0.1, 0.15) is 58.1 Å². The second-order valence-corrected chi connectivity index (χ2v) is 9.12. The van der Waals surface area contributed by atoms with E-state index in [9.17, 15) is 9.90 Å². The molecule has 2 saturated carbocycles. The van der Waals surface area contributed by atoms with Crippen molar-refractivity contribution in [3.8, 4) is 11.5 Å². The Kier molecular flexibility index (Phi) is 4.41. The van der Waals surface area contributed by atoms with Gasteiger partial charge in [-0.25, -0.2) is 0 Å². The summed E-state index contributed by atoms with van der Waals surface area (Å²) in [5, 5.41) is 13.6. The highest BCUT2D eigenvalue weighted by molar-refractivity contribution is 5.76. The van der Waals surface area contributed by atoms with Gasteiger partial charge in [-0.1, -0.05) is 26.8 Å². The Labute approximate surface area is 161 Å². The van der Waals surface area contributed by atoms with Crippen molar-refractivity contribution in [2.75, 3.05) is 13.7 Å². The first-order valence-corrected chi connectivity index (χ1v) is 10.1. The molecule has 1 spiro atoms. The molecule has 27 heavy (non-hydrogen) atoms. The third-order valence-electron chi connectivity index (χ3n) is 7.66. The highest BCUT2D eigenvalue weighted by atomic mass is 16.5. The molecule has 5 nitrogen and oxygen atoms in total. The number of carbonyl (C=O) groups excluding carboxylic acids is 1. The Morgan fingerprint density at radius 3 is 2.85 bits per heavy atom. The number of benzene rings is 1. The number of rotatable bonds is 4. The zero-order valence-corrected chi connectivity index (χ0v) is 16.7. The van der Waals surface area contributed by atoms with E-state index < -0.39 is 0 Å². The van der Waals surface area contributed by atoms with Crippen molar-refractivity contribution in [1.82, 2.24) is 5.32 Å². The fraction of sp³-hybridized carbons (Fsp3) is 0.682. The van der Waals surface area contributed by atoms with Crippen LogP contribution in [0.2, 0.25) is 0 Å². The second kappa shape index (κ2) is 6.40. The van der Waals surface area contributed by atoms with E-state index in [2.05, 4.69) is 19.2 Å². The van der Waals surface area contributed by atoms with Crippen LogP contribution in [0.4, 0.5) is 0 Å². The van der Waals surface area contributed by atoms with Crippen molar-refractivity contribution < 1.29 is 19.4 Å². The van der Waals surface area contributed by atoms with Crippen LogP contribution in [0, 0.1) is 22.7 Å². The molecule has 1 amide bonds. The minimum atomic E-state index is -0.0438. The predicted octanol–water partition coefficient (Wildman–Crippen LogP) is 3.81. The Balaban J connectivity index is 1.68. The number of ether oxygens (including phenoxy) is 2. The fourth-order valence-electron chi connectivity index (χ4n) is 6.26. The van der Waals surface area contributed by atoms with E-state index in [0.717, 1.165) is 24.8 Å².